The summed E-state index contributed by atoms with van der Waals surface area (Å²) in [6, 6.07) is 2.43. The zero-order valence-electron chi connectivity index (χ0n) is 8.52. The molecule has 4 heteroatoms. The lowest BCUT2D eigenvalue weighted by atomic mass is 10.2. The molecule has 2 heterocycles. The van der Waals surface area contributed by atoms with E-state index in [1.54, 1.807) is 0 Å². The second-order valence-corrected chi connectivity index (χ2v) is 5.05. The molecule has 1 fully saturated rings. The Morgan fingerprint density at radius 1 is 1.53 bits per heavy atom. The van der Waals surface area contributed by atoms with E-state index in [1.165, 1.54) is 12.8 Å². The lowest BCUT2D eigenvalue weighted by Gasteiger charge is -2.11. The van der Waals surface area contributed by atoms with Crippen LogP contribution in [0.4, 0.5) is 0 Å². The van der Waals surface area contributed by atoms with E-state index >= 15 is 0 Å². The maximum atomic E-state index is 4.44. The Labute approximate surface area is 96.6 Å². The molecule has 1 saturated carbocycles. The van der Waals surface area contributed by atoms with E-state index in [9.17, 15) is 0 Å². The summed E-state index contributed by atoms with van der Waals surface area (Å²) in [5.74, 6) is 0.800. The number of rotatable bonds is 2. The van der Waals surface area contributed by atoms with Crippen LogP contribution in [-0.4, -0.2) is 14.8 Å². The Bertz CT molecular complexity index is 502. The number of aromatic nitrogens is 3. The highest BCUT2D eigenvalue weighted by Crippen LogP contribution is 2.40. The Morgan fingerprint density at radius 2 is 2.33 bits per heavy atom. The van der Waals surface area contributed by atoms with Gasteiger partial charge in [0.1, 0.15) is 0 Å². The molecule has 0 N–H and O–H groups in total. The van der Waals surface area contributed by atoms with Crippen molar-refractivity contribution in [3.63, 3.8) is 0 Å². The van der Waals surface area contributed by atoms with Gasteiger partial charge in [-0.1, -0.05) is 0 Å². The minimum atomic E-state index is 0.476. The first-order valence-electron chi connectivity index (χ1n) is 5.25. The minimum absolute atomic E-state index is 0.476. The van der Waals surface area contributed by atoms with E-state index < -0.39 is 0 Å². The van der Waals surface area contributed by atoms with Crippen molar-refractivity contribution in [3.8, 4) is 0 Å². The van der Waals surface area contributed by atoms with Crippen LogP contribution in [0.5, 0.6) is 0 Å². The highest BCUT2D eigenvalue weighted by atomic mass is 79.9. The van der Waals surface area contributed by atoms with Crippen molar-refractivity contribution < 1.29 is 0 Å². The fourth-order valence-electron chi connectivity index (χ4n) is 1.99. The van der Waals surface area contributed by atoms with Crippen LogP contribution in [0.3, 0.4) is 0 Å². The van der Waals surface area contributed by atoms with Crippen molar-refractivity contribution in [3.05, 3.63) is 22.9 Å². The van der Waals surface area contributed by atoms with E-state index in [-0.39, 0.29) is 0 Å². The van der Waals surface area contributed by atoms with Gasteiger partial charge in [-0.15, -0.1) is 0 Å². The van der Waals surface area contributed by atoms with Crippen molar-refractivity contribution in [2.24, 2.45) is 5.92 Å². The second kappa shape index (κ2) is 3.30. The molecule has 1 atom stereocenters. The number of hydrogen-bond acceptors (Lipinski definition) is 2. The predicted octanol–water partition coefficient (Wildman–Crippen LogP) is 3.16. The molecule has 0 radical (unpaired) electrons. The third-order valence-electron chi connectivity index (χ3n) is 3.13. The number of hydrogen-bond donors (Lipinski definition) is 0. The number of fused-ring (bicyclic) bond motifs is 1. The molecular formula is C11H12BrN3. The van der Waals surface area contributed by atoms with E-state index in [1.807, 2.05) is 18.5 Å². The third kappa shape index (κ3) is 1.47. The summed E-state index contributed by atoms with van der Waals surface area (Å²) in [5.41, 5.74) is 0.990. The Morgan fingerprint density at radius 3 is 3.07 bits per heavy atom. The lowest BCUT2D eigenvalue weighted by molar-refractivity contribution is 0.451. The number of nitrogens with zero attached hydrogens (tertiary/aromatic N) is 3. The monoisotopic (exact) mass is 265 g/mol. The van der Waals surface area contributed by atoms with Gasteiger partial charge in [-0.3, -0.25) is 0 Å². The molecule has 0 aromatic carbocycles. The van der Waals surface area contributed by atoms with Gasteiger partial charge in [0.15, 0.2) is 5.65 Å². The Hall–Kier alpha value is -0.900. The zero-order chi connectivity index (χ0) is 10.4. The second-order valence-electron chi connectivity index (χ2n) is 4.20. The van der Waals surface area contributed by atoms with Crippen LogP contribution >= 0.6 is 15.9 Å². The Balaban J connectivity index is 2.15. The first-order chi connectivity index (χ1) is 7.27. The van der Waals surface area contributed by atoms with Gasteiger partial charge in [-0.05, 0) is 47.7 Å². The summed E-state index contributed by atoms with van der Waals surface area (Å²) in [4.78, 5) is 4.40. The maximum absolute atomic E-state index is 4.44. The zero-order valence-corrected chi connectivity index (χ0v) is 10.1. The van der Waals surface area contributed by atoms with Crippen molar-refractivity contribution in [1.29, 1.82) is 0 Å². The normalized spacial score (nSPS) is 18.3. The largest absolute Gasteiger partial charge is 0.244 e. The van der Waals surface area contributed by atoms with Crippen LogP contribution in [0, 0.1) is 5.92 Å². The van der Waals surface area contributed by atoms with Gasteiger partial charge in [0.05, 0.1) is 17.6 Å². The standard InChI is InChI=1S/C11H12BrN3/c1-7(8-2-3-8)15-11-9(6-14-15)10(12)4-5-13-11/h4-8H,2-3H2,1H3. The summed E-state index contributed by atoms with van der Waals surface area (Å²) in [6.07, 6.45) is 6.38. The van der Waals surface area contributed by atoms with E-state index in [4.69, 9.17) is 0 Å². The molecule has 1 aliphatic carbocycles. The summed E-state index contributed by atoms with van der Waals surface area (Å²) in [7, 11) is 0. The minimum Gasteiger partial charge on any atom is -0.244 e. The fourth-order valence-corrected chi connectivity index (χ4v) is 2.39. The van der Waals surface area contributed by atoms with Crippen LogP contribution in [0.15, 0.2) is 22.9 Å². The first kappa shape index (κ1) is 9.33. The molecule has 0 spiro atoms. The van der Waals surface area contributed by atoms with Gasteiger partial charge in [-0.2, -0.15) is 5.10 Å². The van der Waals surface area contributed by atoms with E-state index in [2.05, 4.69) is 37.6 Å². The highest BCUT2D eigenvalue weighted by molar-refractivity contribution is 9.10. The van der Waals surface area contributed by atoms with Gasteiger partial charge >= 0.3 is 0 Å². The molecule has 15 heavy (non-hydrogen) atoms. The molecule has 2 aromatic rings. The molecule has 3 rings (SSSR count). The van der Waals surface area contributed by atoms with Gasteiger partial charge < -0.3 is 0 Å². The molecule has 1 aliphatic rings. The quantitative estimate of drug-likeness (QED) is 0.835. The number of halogens is 1. The highest BCUT2D eigenvalue weighted by Gasteiger charge is 2.30. The van der Waals surface area contributed by atoms with Crippen LogP contribution in [0.25, 0.3) is 11.0 Å². The molecule has 3 nitrogen and oxygen atoms in total. The van der Waals surface area contributed by atoms with Gasteiger partial charge in [0, 0.05) is 10.7 Å². The molecule has 0 bridgehead atoms. The topological polar surface area (TPSA) is 30.7 Å². The summed E-state index contributed by atoms with van der Waals surface area (Å²) in [6.45, 7) is 2.23. The molecular weight excluding hydrogens is 254 g/mol. The van der Waals surface area contributed by atoms with Gasteiger partial charge in [0.2, 0.25) is 0 Å². The van der Waals surface area contributed by atoms with Crippen LogP contribution in [0.1, 0.15) is 25.8 Å². The van der Waals surface area contributed by atoms with Gasteiger partial charge in [0.25, 0.3) is 0 Å². The average Bonchev–Trinajstić information content (AvgIpc) is 2.98. The summed E-state index contributed by atoms with van der Waals surface area (Å²) < 4.78 is 3.12. The van der Waals surface area contributed by atoms with Crippen molar-refractivity contribution >= 4 is 27.0 Å². The van der Waals surface area contributed by atoms with Crippen LogP contribution in [0.2, 0.25) is 0 Å². The molecule has 2 aromatic heterocycles. The molecule has 78 valence electrons. The van der Waals surface area contributed by atoms with Crippen molar-refractivity contribution in [2.45, 2.75) is 25.8 Å². The molecule has 0 saturated heterocycles. The smallest absolute Gasteiger partial charge is 0.159 e. The van der Waals surface area contributed by atoms with Gasteiger partial charge in [-0.25, -0.2) is 9.67 Å². The fraction of sp³-hybridized carbons (Fsp3) is 0.455. The third-order valence-corrected chi connectivity index (χ3v) is 3.83. The van der Waals surface area contributed by atoms with Crippen molar-refractivity contribution in [1.82, 2.24) is 14.8 Å². The maximum Gasteiger partial charge on any atom is 0.159 e. The molecule has 0 amide bonds. The SMILES string of the molecule is CC(C1CC1)n1ncc2c(Br)ccnc21. The Kier molecular flexibility index (Phi) is 2.06. The summed E-state index contributed by atoms with van der Waals surface area (Å²) >= 11 is 3.52. The van der Waals surface area contributed by atoms with Crippen LogP contribution < -0.4 is 0 Å². The first-order valence-corrected chi connectivity index (χ1v) is 6.04. The summed E-state index contributed by atoms with van der Waals surface area (Å²) in [5, 5.41) is 5.54. The average molecular weight is 266 g/mol. The van der Waals surface area contributed by atoms with E-state index in [0.29, 0.717) is 6.04 Å². The lowest BCUT2D eigenvalue weighted by Crippen LogP contribution is -2.09. The molecule has 0 aliphatic heterocycles. The van der Waals surface area contributed by atoms with E-state index in [0.717, 1.165) is 21.4 Å². The van der Waals surface area contributed by atoms with Crippen molar-refractivity contribution in [2.75, 3.05) is 0 Å². The predicted molar refractivity (Wildman–Crippen MR) is 62.7 cm³/mol. The molecule has 1 unspecified atom stereocenters. The van der Waals surface area contributed by atoms with Crippen LogP contribution in [-0.2, 0) is 0 Å². The number of pyridine rings is 1.